The van der Waals surface area contributed by atoms with Gasteiger partial charge in [-0.2, -0.15) is 0 Å². The van der Waals surface area contributed by atoms with E-state index < -0.39 is 0 Å². The van der Waals surface area contributed by atoms with Gasteiger partial charge < -0.3 is 0 Å². The molecule has 0 nitrogen and oxygen atoms in total. The maximum absolute atomic E-state index is 2.45. The van der Waals surface area contributed by atoms with Crippen molar-refractivity contribution in [2.24, 2.45) is 0 Å². The maximum Gasteiger partial charge on any atom is 0.0659 e. The lowest BCUT2D eigenvalue weighted by Crippen LogP contribution is -2.26. The largest absolute Gasteiger partial charge is 0.0659 e. The molecule has 0 unspecified atom stereocenters. The van der Waals surface area contributed by atoms with E-state index in [4.69, 9.17) is 0 Å². The molecule has 0 heteroatoms. The minimum atomic E-state index is -0.358. The zero-order valence-electron chi connectivity index (χ0n) is 19.2. The van der Waals surface area contributed by atoms with E-state index >= 15 is 0 Å². The number of hydrogen-bond acceptors (Lipinski definition) is 0. The van der Waals surface area contributed by atoms with Gasteiger partial charge in [-0.3, -0.25) is 0 Å². The van der Waals surface area contributed by atoms with Crippen LogP contribution in [0.5, 0.6) is 0 Å². The topological polar surface area (TPSA) is 0 Å². The molecule has 0 heterocycles. The Kier molecular flexibility index (Phi) is 3.68. The molecule has 1 spiro atoms. The molecule has 6 aromatic carbocycles. The molecule has 0 atom stereocenters. The predicted molar refractivity (Wildman–Crippen MR) is 148 cm³/mol. The van der Waals surface area contributed by atoms with Crippen molar-refractivity contribution in [1.82, 2.24) is 0 Å². The predicted octanol–water partition coefficient (Wildman–Crippen LogP) is 9.00. The van der Waals surface area contributed by atoms with Crippen LogP contribution in [0.25, 0.3) is 49.9 Å². The number of benzene rings is 6. The minimum Gasteiger partial charge on any atom is -0.0645 e. The molecular weight excluding hydrogens is 420 g/mol. The summed E-state index contributed by atoms with van der Waals surface area (Å²) in [6.45, 7) is 0. The van der Waals surface area contributed by atoms with Crippen LogP contribution < -0.4 is 0 Å². The summed E-state index contributed by atoms with van der Waals surface area (Å²) < 4.78 is 0. The monoisotopic (exact) mass is 442 g/mol. The molecule has 8 rings (SSSR count). The summed E-state index contributed by atoms with van der Waals surface area (Å²) in [7, 11) is 0. The lowest BCUT2D eigenvalue weighted by Gasteiger charge is -2.33. The highest BCUT2D eigenvalue weighted by molar-refractivity contribution is 6.04. The van der Waals surface area contributed by atoms with Crippen molar-refractivity contribution in [3.63, 3.8) is 0 Å². The zero-order valence-corrected chi connectivity index (χ0v) is 19.2. The van der Waals surface area contributed by atoms with Crippen molar-refractivity contribution in [3.8, 4) is 22.3 Å². The summed E-state index contributed by atoms with van der Waals surface area (Å²) in [4.78, 5) is 0. The smallest absolute Gasteiger partial charge is 0.0645 e. The highest BCUT2D eigenvalue weighted by Crippen LogP contribution is 2.56. The van der Waals surface area contributed by atoms with E-state index in [-0.39, 0.29) is 5.41 Å². The highest BCUT2D eigenvalue weighted by Gasteiger charge is 2.44. The Labute approximate surface area is 204 Å². The first-order valence-electron chi connectivity index (χ1n) is 12.3. The quantitative estimate of drug-likeness (QED) is 0.206. The molecule has 2 aliphatic rings. The number of allylic oxidation sites excluding steroid dienone is 1. The minimum absolute atomic E-state index is 0.358. The van der Waals surface area contributed by atoms with Gasteiger partial charge in [0, 0.05) is 0 Å². The summed E-state index contributed by atoms with van der Waals surface area (Å²) in [6, 6.07) is 45.0. The van der Waals surface area contributed by atoms with Crippen molar-refractivity contribution < 1.29 is 0 Å². The maximum atomic E-state index is 2.45. The first-order chi connectivity index (χ1) is 17.3. The standard InChI is InChI=1S/C35H22/c1-2-10-25-22-31-26(21-24(25)9-1)18-17-23-19-20-35(34(23)31)32-15-7-5-13-29(32)27-11-3-4-12-28(27)30-14-6-8-16-33(30)35/h1-22H. The summed E-state index contributed by atoms with van der Waals surface area (Å²) in [5, 5.41) is 5.20. The Hall–Kier alpha value is -4.42. The van der Waals surface area contributed by atoms with Gasteiger partial charge >= 0.3 is 0 Å². The van der Waals surface area contributed by atoms with E-state index in [0.717, 1.165) is 0 Å². The molecule has 0 saturated carbocycles. The second-order valence-electron chi connectivity index (χ2n) is 9.73. The van der Waals surface area contributed by atoms with Crippen LogP contribution in [0, 0.1) is 0 Å². The van der Waals surface area contributed by atoms with E-state index in [9.17, 15) is 0 Å². The van der Waals surface area contributed by atoms with Crippen molar-refractivity contribution in [3.05, 3.63) is 150 Å². The van der Waals surface area contributed by atoms with Crippen LogP contribution in [-0.4, -0.2) is 0 Å². The van der Waals surface area contributed by atoms with Crippen molar-refractivity contribution in [2.75, 3.05) is 0 Å². The second-order valence-corrected chi connectivity index (χ2v) is 9.73. The second kappa shape index (κ2) is 6.81. The molecular formula is C35H22. The summed E-state index contributed by atoms with van der Waals surface area (Å²) in [6.07, 6.45) is 4.79. The summed E-state index contributed by atoms with van der Waals surface area (Å²) in [5.74, 6) is 0. The molecule has 0 saturated heterocycles. The Morgan fingerprint density at radius 3 is 1.63 bits per heavy atom. The Morgan fingerprint density at radius 1 is 0.429 bits per heavy atom. The Morgan fingerprint density at radius 2 is 0.971 bits per heavy atom. The number of fused-ring (bicyclic) bond motifs is 12. The molecule has 0 radical (unpaired) electrons. The highest BCUT2D eigenvalue weighted by atomic mass is 14.5. The van der Waals surface area contributed by atoms with Crippen LogP contribution in [0.3, 0.4) is 0 Å². The number of hydrogen-bond donors (Lipinski definition) is 0. The van der Waals surface area contributed by atoms with Crippen LogP contribution in [-0.2, 0) is 5.41 Å². The zero-order chi connectivity index (χ0) is 23.0. The van der Waals surface area contributed by atoms with Gasteiger partial charge in [0.25, 0.3) is 0 Å². The van der Waals surface area contributed by atoms with Gasteiger partial charge in [0.15, 0.2) is 0 Å². The van der Waals surface area contributed by atoms with Crippen molar-refractivity contribution in [1.29, 1.82) is 0 Å². The third-order valence-corrected chi connectivity index (χ3v) is 8.04. The SMILES string of the molecule is C1=CC2(c3ccccc3-c3ccccc3-c3ccccc32)c2c1ccc1cc3ccccc3cc21. The van der Waals surface area contributed by atoms with Crippen LogP contribution in [0.1, 0.15) is 22.3 Å². The molecule has 0 aliphatic heterocycles. The number of rotatable bonds is 0. The van der Waals surface area contributed by atoms with Gasteiger partial charge in [0.2, 0.25) is 0 Å². The van der Waals surface area contributed by atoms with Crippen molar-refractivity contribution in [2.45, 2.75) is 5.41 Å². The van der Waals surface area contributed by atoms with E-state index in [1.165, 1.54) is 66.1 Å². The van der Waals surface area contributed by atoms with Gasteiger partial charge in [-0.25, -0.2) is 0 Å². The van der Waals surface area contributed by atoms with Gasteiger partial charge in [-0.15, -0.1) is 0 Å². The normalized spacial score (nSPS) is 14.4. The molecule has 0 fully saturated rings. The molecule has 0 N–H and O–H groups in total. The molecule has 35 heavy (non-hydrogen) atoms. The van der Waals surface area contributed by atoms with Gasteiger partial charge in [0.1, 0.15) is 0 Å². The lowest BCUT2D eigenvalue weighted by atomic mass is 9.68. The average Bonchev–Trinajstić information content (AvgIpc) is 3.28. The van der Waals surface area contributed by atoms with Crippen LogP contribution in [0.2, 0.25) is 0 Å². The fraction of sp³-hybridized carbons (Fsp3) is 0.0286. The molecule has 162 valence electrons. The summed E-state index contributed by atoms with van der Waals surface area (Å²) in [5.41, 5.74) is 10.3. The van der Waals surface area contributed by atoms with E-state index in [0.29, 0.717) is 0 Å². The van der Waals surface area contributed by atoms with Crippen LogP contribution >= 0.6 is 0 Å². The Bertz CT molecular complexity index is 1780. The van der Waals surface area contributed by atoms with Gasteiger partial charge in [0.05, 0.1) is 5.41 Å². The van der Waals surface area contributed by atoms with Gasteiger partial charge in [-0.1, -0.05) is 121 Å². The van der Waals surface area contributed by atoms with Crippen LogP contribution in [0.15, 0.2) is 127 Å². The van der Waals surface area contributed by atoms with Gasteiger partial charge in [-0.05, 0) is 78.2 Å². The molecule has 0 aromatic heterocycles. The van der Waals surface area contributed by atoms with Crippen molar-refractivity contribution >= 4 is 27.6 Å². The summed E-state index contributed by atoms with van der Waals surface area (Å²) >= 11 is 0. The molecule has 0 amide bonds. The Balaban J connectivity index is 1.59. The lowest BCUT2D eigenvalue weighted by molar-refractivity contribution is 0.810. The fourth-order valence-electron chi connectivity index (χ4n) is 6.58. The molecule has 6 aromatic rings. The molecule has 0 bridgehead atoms. The first kappa shape index (κ1) is 18.9. The van der Waals surface area contributed by atoms with E-state index in [2.05, 4.69) is 133 Å². The third-order valence-electron chi connectivity index (χ3n) is 8.04. The third kappa shape index (κ3) is 2.41. The van der Waals surface area contributed by atoms with E-state index in [1.54, 1.807) is 0 Å². The fourth-order valence-corrected chi connectivity index (χ4v) is 6.58. The molecule has 2 aliphatic carbocycles. The first-order valence-corrected chi connectivity index (χ1v) is 12.3. The average molecular weight is 443 g/mol. The van der Waals surface area contributed by atoms with E-state index in [1.807, 2.05) is 0 Å². The van der Waals surface area contributed by atoms with Crippen LogP contribution in [0.4, 0.5) is 0 Å².